The Morgan fingerprint density at radius 3 is 2.62 bits per heavy atom. The van der Waals surface area contributed by atoms with Gasteiger partial charge in [-0.2, -0.15) is 0 Å². The van der Waals surface area contributed by atoms with Crippen molar-refractivity contribution in [2.75, 3.05) is 39.3 Å². The number of benzene rings is 1. The summed E-state index contributed by atoms with van der Waals surface area (Å²) in [6.45, 7) is 8.63. The number of hydrogen-bond acceptors (Lipinski definition) is 4. The van der Waals surface area contributed by atoms with E-state index in [4.69, 9.17) is 4.74 Å². The van der Waals surface area contributed by atoms with Gasteiger partial charge in [0.2, 0.25) is 5.91 Å². The summed E-state index contributed by atoms with van der Waals surface area (Å²) in [7, 11) is 0. The molecule has 6 heteroatoms. The minimum Gasteiger partial charge on any atom is -0.373 e. The highest BCUT2D eigenvalue weighted by atomic mass is 16.5. The molecule has 3 saturated heterocycles. The van der Waals surface area contributed by atoms with Crippen LogP contribution >= 0.6 is 0 Å². The molecule has 6 nitrogen and oxygen atoms in total. The van der Waals surface area contributed by atoms with E-state index in [1.54, 1.807) is 0 Å². The number of hydrogen-bond donors (Lipinski definition) is 1. The highest BCUT2D eigenvalue weighted by Gasteiger charge is 2.33. The number of ether oxygens (including phenoxy) is 1. The fourth-order valence-corrected chi connectivity index (χ4v) is 5.02. The summed E-state index contributed by atoms with van der Waals surface area (Å²) in [4.78, 5) is 30.0. The van der Waals surface area contributed by atoms with Crippen molar-refractivity contribution in [2.45, 2.75) is 51.7 Å². The molecule has 2 amide bonds. The van der Waals surface area contributed by atoms with Crippen LogP contribution in [-0.4, -0.2) is 73.1 Å². The SMILES string of the molecule is Cc1cc(C)cc(C(=O)N2CCCC(C(=O)NCC3CN4CCCC4CO3)C2)c1. The van der Waals surface area contributed by atoms with Crippen LogP contribution in [0.5, 0.6) is 0 Å². The molecule has 4 rings (SSSR count). The largest absolute Gasteiger partial charge is 0.373 e. The van der Waals surface area contributed by atoms with Crippen LogP contribution in [0.1, 0.15) is 47.2 Å². The smallest absolute Gasteiger partial charge is 0.253 e. The molecule has 3 atom stereocenters. The molecule has 0 bridgehead atoms. The molecule has 29 heavy (non-hydrogen) atoms. The summed E-state index contributed by atoms with van der Waals surface area (Å²) in [5, 5.41) is 3.09. The van der Waals surface area contributed by atoms with Crippen molar-refractivity contribution in [1.29, 1.82) is 0 Å². The number of carbonyl (C=O) groups is 2. The monoisotopic (exact) mass is 399 g/mol. The maximum atomic E-state index is 13.0. The van der Waals surface area contributed by atoms with Gasteiger partial charge in [-0.3, -0.25) is 14.5 Å². The van der Waals surface area contributed by atoms with Crippen LogP contribution in [0.2, 0.25) is 0 Å². The summed E-state index contributed by atoms with van der Waals surface area (Å²) in [5.74, 6) is -0.0539. The van der Waals surface area contributed by atoms with E-state index in [2.05, 4.69) is 16.3 Å². The Bertz CT molecular complexity index is 745. The zero-order valence-electron chi connectivity index (χ0n) is 17.7. The summed E-state index contributed by atoms with van der Waals surface area (Å²) >= 11 is 0. The van der Waals surface area contributed by atoms with Gasteiger partial charge in [-0.05, 0) is 58.2 Å². The van der Waals surface area contributed by atoms with Gasteiger partial charge in [-0.15, -0.1) is 0 Å². The zero-order valence-corrected chi connectivity index (χ0v) is 17.7. The number of carbonyl (C=O) groups excluding carboxylic acids is 2. The number of likely N-dealkylation sites (tertiary alicyclic amines) is 1. The summed E-state index contributed by atoms with van der Waals surface area (Å²) in [6, 6.07) is 6.52. The fourth-order valence-electron chi connectivity index (χ4n) is 5.02. The van der Waals surface area contributed by atoms with Gasteiger partial charge < -0.3 is 15.0 Å². The van der Waals surface area contributed by atoms with Crippen molar-refractivity contribution in [2.24, 2.45) is 5.92 Å². The number of nitrogens with one attached hydrogen (secondary N) is 1. The summed E-state index contributed by atoms with van der Waals surface area (Å²) < 4.78 is 5.95. The summed E-state index contributed by atoms with van der Waals surface area (Å²) in [6.07, 6.45) is 4.25. The predicted molar refractivity (Wildman–Crippen MR) is 112 cm³/mol. The van der Waals surface area contributed by atoms with Crippen LogP contribution < -0.4 is 5.32 Å². The highest BCUT2D eigenvalue weighted by Crippen LogP contribution is 2.23. The molecule has 0 radical (unpaired) electrons. The van der Waals surface area contributed by atoms with E-state index < -0.39 is 0 Å². The van der Waals surface area contributed by atoms with Crippen LogP contribution in [-0.2, 0) is 9.53 Å². The Kier molecular flexibility index (Phi) is 6.20. The van der Waals surface area contributed by atoms with Crippen LogP contribution in [0.4, 0.5) is 0 Å². The van der Waals surface area contributed by atoms with Crippen molar-refractivity contribution >= 4 is 11.8 Å². The second-order valence-electron chi connectivity index (χ2n) is 8.96. The molecule has 3 aliphatic rings. The first-order chi connectivity index (χ1) is 14.0. The maximum Gasteiger partial charge on any atom is 0.253 e. The normalized spacial score (nSPS) is 27.5. The third kappa shape index (κ3) is 4.81. The van der Waals surface area contributed by atoms with Crippen LogP contribution in [0, 0.1) is 19.8 Å². The lowest BCUT2D eigenvalue weighted by Crippen LogP contribution is -2.51. The Morgan fingerprint density at radius 1 is 1.07 bits per heavy atom. The average molecular weight is 400 g/mol. The summed E-state index contributed by atoms with van der Waals surface area (Å²) in [5.41, 5.74) is 2.90. The first-order valence-electron chi connectivity index (χ1n) is 11.0. The molecule has 0 spiro atoms. The molecule has 3 unspecified atom stereocenters. The van der Waals surface area contributed by atoms with E-state index in [1.807, 2.05) is 30.9 Å². The lowest BCUT2D eigenvalue weighted by Gasteiger charge is -2.36. The number of amides is 2. The van der Waals surface area contributed by atoms with Gasteiger partial charge >= 0.3 is 0 Å². The number of piperidine rings is 1. The van der Waals surface area contributed by atoms with Crippen molar-refractivity contribution < 1.29 is 14.3 Å². The first kappa shape index (κ1) is 20.4. The van der Waals surface area contributed by atoms with Crippen molar-refractivity contribution in [3.63, 3.8) is 0 Å². The number of morpholine rings is 1. The Labute approximate surface area is 173 Å². The van der Waals surface area contributed by atoms with E-state index in [9.17, 15) is 9.59 Å². The molecular weight excluding hydrogens is 366 g/mol. The lowest BCUT2D eigenvalue weighted by molar-refractivity contribution is -0.127. The van der Waals surface area contributed by atoms with Gasteiger partial charge in [0.1, 0.15) is 0 Å². The molecule has 0 saturated carbocycles. The molecule has 3 aliphatic heterocycles. The van der Waals surface area contributed by atoms with Crippen molar-refractivity contribution in [3.8, 4) is 0 Å². The standard InChI is InChI=1S/C23H33N3O3/c1-16-9-17(2)11-19(10-16)23(28)26-8-3-5-18(13-26)22(27)24-12-21-14-25-7-4-6-20(25)15-29-21/h9-11,18,20-21H,3-8,12-15H2,1-2H3,(H,24,27). The first-order valence-corrected chi connectivity index (χ1v) is 11.0. The second-order valence-corrected chi connectivity index (χ2v) is 8.96. The van der Waals surface area contributed by atoms with Crippen LogP contribution in [0.15, 0.2) is 18.2 Å². The third-order valence-electron chi connectivity index (χ3n) is 6.51. The topological polar surface area (TPSA) is 61.9 Å². The molecule has 1 aromatic carbocycles. The third-order valence-corrected chi connectivity index (χ3v) is 6.51. The Morgan fingerprint density at radius 2 is 1.83 bits per heavy atom. The van der Waals surface area contributed by atoms with Gasteiger partial charge in [0.05, 0.1) is 18.6 Å². The minimum atomic E-state index is -0.137. The van der Waals surface area contributed by atoms with Gasteiger partial charge in [0.25, 0.3) is 5.91 Å². The van der Waals surface area contributed by atoms with Crippen LogP contribution in [0.25, 0.3) is 0 Å². The van der Waals surface area contributed by atoms with Crippen molar-refractivity contribution in [3.05, 3.63) is 34.9 Å². The molecule has 0 aliphatic carbocycles. The van der Waals surface area contributed by atoms with E-state index in [0.717, 1.165) is 55.8 Å². The molecule has 1 aromatic rings. The van der Waals surface area contributed by atoms with E-state index in [1.165, 1.54) is 12.8 Å². The van der Waals surface area contributed by atoms with Gasteiger partial charge in [-0.1, -0.05) is 17.2 Å². The Balaban J connectivity index is 1.29. The molecule has 3 fully saturated rings. The van der Waals surface area contributed by atoms with Gasteiger partial charge in [0.15, 0.2) is 0 Å². The van der Waals surface area contributed by atoms with Crippen LogP contribution in [0.3, 0.4) is 0 Å². The number of fused-ring (bicyclic) bond motifs is 1. The van der Waals surface area contributed by atoms with Gasteiger partial charge in [-0.25, -0.2) is 0 Å². The molecule has 158 valence electrons. The molecule has 3 heterocycles. The number of nitrogens with zero attached hydrogens (tertiary/aromatic N) is 2. The number of rotatable bonds is 4. The van der Waals surface area contributed by atoms with E-state index in [0.29, 0.717) is 19.1 Å². The molecule has 1 N–H and O–H groups in total. The van der Waals surface area contributed by atoms with E-state index in [-0.39, 0.29) is 23.8 Å². The van der Waals surface area contributed by atoms with Crippen molar-refractivity contribution in [1.82, 2.24) is 15.1 Å². The fraction of sp³-hybridized carbons (Fsp3) is 0.652. The number of aryl methyl sites for hydroxylation is 2. The lowest BCUT2D eigenvalue weighted by atomic mass is 9.96. The second kappa shape index (κ2) is 8.84. The maximum absolute atomic E-state index is 13.0. The van der Waals surface area contributed by atoms with Gasteiger partial charge in [0, 0.05) is 37.8 Å². The zero-order chi connectivity index (χ0) is 20.4. The quantitative estimate of drug-likeness (QED) is 0.843. The predicted octanol–water partition coefficient (Wildman–Crippen LogP) is 2.14. The Hall–Kier alpha value is -1.92. The molecular formula is C23H33N3O3. The average Bonchev–Trinajstić information content (AvgIpc) is 3.18. The molecule has 0 aromatic heterocycles. The van der Waals surface area contributed by atoms with E-state index >= 15 is 0 Å². The minimum absolute atomic E-state index is 0.0324. The highest BCUT2D eigenvalue weighted by molar-refractivity contribution is 5.95.